The van der Waals surface area contributed by atoms with Crippen LogP contribution in [0.15, 0.2) is 35.1 Å². The van der Waals surface area contributed by atoms with Gasteiger partial charge in [0, 0.05) is 18.2 Å². The molecule has 122 valence electrons. The van der Waals surface area contributed by atoms with Gasteiger partial charge >= 0.3 is 0 Å². The number of nitrogens with zero attached hydrogens (tertiary/aromatic N) is 1. The molecule has 0 aliphatic rings. The minimum Gasteiger partial charge on any atom is -0.443 e. The van der Waals surface area contributed by atoms with Crippen LogP contribution in [0.3, 0.4) is 0 Å². The molecule has 1 amide bonds. The van der Waals surface area contributed by atoms with E-state index in [1.54, 1.807) is 12.1 Å². The first kappa shape index (κ1) is 20.7. The van der Waals surface area contributed by atoms with Gasteiger partial charge < -0.3 is 15.1 Å². The van der Waals surface area contributed by atoms with Crippen LogP contribution in [0.5, 0.6) is 0 Å². The predicted molar refractivity (Wildman–Crippen MR) is 92.3 cm³/mol. The number of rotatable bonds is 5. The summed E-state index contributed by atoms with van der Waals surface area (Å²) >= 11 is 6.11. The minimum absolute atomic E-state index is 0. The molecule has 5 nitrogen and oxygen atoms in total. The molecule has 1 aromatic heterocycles. The van der Waals surface area contributed by atoms with Crippen molar-refractivity contribution in [2.45, 2.75) is 13.0 Å². The Labute approximate surface area is 146 Å². The zero-order valence-corrected chi connectivity index (χ0v) is 14.5. The molecular weight excluding hydrogens is 349 g/mol. The molecule has 2 rings (SSSR count). The highest BCUT2D eigenvalue weighted by atomic mass is 35.5. The van der Waals surface area contributed by atoms with Crippen LogP contribution in [-0.2, 0) is 0 Å². The van der Waals surface area contributed by atoms with Crippen LogP contribution in [0.4, 0.5) is 0 Å². The molecular formula is C14H18Cl3N3O2. The van der Waals surface area contributed by atoms with Gasteiger partial charge in [-0.2, -0.15) is 0 Å². The lowest BCUT2D eigenvalue weighted by molar-refractivity contribution is 0.0946. The van der Waals surface area contributed by atoms with E-state index in [2.05, 4.69) is 15.6 Å². The van der Waals surface area contributed by atoms with Crippen LogP contribution < -0.4 is 10.6 Å². The monoisotopic (exact) mass is 365 g/mol. The van der Waals surface area contributed by atoms with Gasteiger partial charge in [0.25, 0.3) is 5.91 Å². The number of carbonyl (C=O) groups is 1. The van der Waals surface area contributed by atoms with Crippen molar-refractivity contribution < 1.29 is 9.21 Å². The van der Waals surface area contributed by atoms with Crippen molar-refractivity contribution in [1.82, 2.24) is 15.6 Å². The summed E-state index contributed by atoms with van der Waals surface area (Å²) in [5.41, 5.74) is 0.889. The summed E-state index contributed by atoms with van der Waals surface area (Å²) in [6.45, 7) is 2.47. The summed E-state index contributed by atoms with van der Waals surface area (Å²) < 4.78 is 5.31. The van der Waals surface area contributed by atoms with E-state index in [1.807, 2.05) is 26.1 Å². The molecule has 1 aromatic carbocycles. The average Bonchev–Trinajstić information content (AvgIpc) is 2.94. The zero-order valence-electron chi connectivity index (χ0n) is 12.1. The highest BCUT2D eigenvalue weighted by molar-refractivity contribution is 6.33. The van der Waals surface area contributed by atoms with E-state index >= 15 is 0 Å². The first-order valence-electron chi connectivity index (χ1n) is 6.27. The van der Waals surface area contributed by atoms with E-state index in [0.29, 0.717) is 22.9 Å². The molecule has 0 saturated carbocycles. The number of likely N-dealkylation sites (N-methyl/N-ethyl adjacent to an activating group) is 1. The first-order valence-corrected chi connectivity index (χ1v) is 6.65. The third-order valence-electron chi connectivity index (χ3n) is 2.96. The Balaban J connectivity index is 0.00000220. The van der Waals surface area contributed by atoms with Gasteiger partial charge in [-0.15, -0.1) is 24.8 Å². The number of benzene rings is 1. The third kappa shape index (κ3) is 4.88. The summed E-state index contributed by atoms with van der Waals surface area (Å²) in [4.78, 5) is 16.1. The lowest BCUT2D eigenvalue weighted by Crippen LogP contribution is -2.37. The van der Waals surface area contributed by atoms with Crippen molar-refractivity contribution in [3.05, 3.63) is 41.4 Å². The highest BCUT2D eigenvalue weighted by Gasteiger charge is 2.19. The van der Waals surface area contributed by atoms with Crippen LogP contribution in [-0.4, -0.2) is 30.5 Å². The Hall–Kier alpha value is -1.27. The Kier molecular flexibility index (Phi) is 9.13. The van der Waals surface area contributed by atoms with E-state index in [-0.39, 0.29) is 42.5 Å². The zero-order chi connectivity index (χ0) is 14.5. The van der Waals surface area contributed by atoms with Crippen molar-refractivity contribution in [2.75, 3.05) is 13.6 Å². The fourth-order valence-electron chi connectivity index (χ4n) is 1.68. The quantitative estimate of drug-likeness (QED) is 0.853. The largest absolute Gasteiger partial charge is 0.443 e. The number of amides is 1. The molecule has 1 atom stereocenters. The topological polar surface area (TPSA) is 67.2 Å². The second-order valence-electron chi connectivity index (χ2n) is 4.41. The number of nitrogens with one attached hydrogen (secondary N) is 2. The van der Waals surface area contributed by atoms with Crippen LogP contribution in [0, 0.1) is 0 Å². The van der Waals surface area contributed by atoms with Crippen molar-refractivity contribution in [2.24, 2.45) is 0 Å². The van der Waals surface area contributed by atoms with E-state index in [1.165, 1.54) is 6.39 Å². The maximum Gasteiger partial charge on any atom is 0.273 e. The van der Waals surface area contributed by atoms with E-state index < -0.39 is 0 Å². The van der Waals surface area contributed by atoms with Crippen molar-refractivity contribution in [1.29, 1.82) is 0 Å². The summed E-state index contributed by atoms with van der Waals surface area (Å²) in [5.74, 6) is 0.0981. The predicted octanol–water partition coefficient (Wildman–Crippen LogP) is 3.18. The second kappa shape index (κ2) is 9.69. The smallest absolute Gasteiger partial charge is 0.273 e. The lowest BCUT2D eigenvalue weighted by atomic mass is 10.1. The number of oxazole rings is 1. The van der Waals surface area contributed by atoms with E-state index in [4.69, 9.17) is 16.0 Å². The van der Waals surface area contributed by atoms with Gasteiger partial charge in [0.2, 0.25) is 0 Å². The Bertz CT molecular complexity index is 605. The molecule has 2 N–H and O–H groups in total. The third-order valence-corrected chi connectivity index (χ3v) is 3.29. The average molecular weight is 367 g/mol. The lowest BCUT2D eigenvalue weighted by Gasteiger charge is -2.10. The molecule has 0 fully saturated rings. The normalized spacial score (nSPS) is 11.0. The Morgan fingerprint density at radius 3 is 2.68 bits per heavy atom. The van der Waals surface area contributed by atoms with Gasteiger partial charge in [-0.25, -0.2) is 4.98 Å². The SMILES string of the molecule is CNC(C)CNC(=O)c1ncoc1-c1ccccc1Cl.Cl.Cl. The summed E-state index contributed by atoms with van der Waals surface area (Å²) in [6, 6.07) is 7.35. The summed E-state index contributed by atoms with van der Waals surface area (Å²) in [6.07, 6.45) is 1.25. The number of hydrogen-bond donors (Lipinski definition) is 2. The van der Waals surface area contributed by atoms with Gasteiger partial charge in [0.15, 0.2) is 17.8 Å². The molecule has 0 bridgehead atoms. The fourth-order valence-corrected chi connectivity index (χ4v) is 1.90. The van der Waals surface area contributed by atoms with Crippen LogP contribution >= 0.6 is 36.4 Å². The molecule has 2 aromatic rings. The van der Waals surface area contributed by atoms with Crippen LogP contribution in [0.1, 0.15) is 17.4 Å². The van der Waals surface area contributed by atoms with Gasteiger partial charge in [-0.1, -0.05) is 23.7 Å². The molecule has 0 aliphatic carbocycles. The maximum absolute atomic E-state index is 12.1. The summed E-state index contributed by atoms with van der Waals surface area (Å²) in [5, 5.41) is 6.36. The fraction of sp³-hybridized carbons (Fsp3) is 0.286. The number of aromatic nitrogens is 1. The Morgan fingerprint density at radius 2 is 2.05 bits per heavy atom. The molecule has 22 heavy (non-hydrogen) atoms. The minimum atomic E-state index is -0.282. The first-order chi connectivity index (χ1) is 9.63. The molecule has 0 spiro atoms. The number of hydrogen-bond acceptors (Lipinski definition) is 4. The van der Waals surface area contributed by atoms with Crippen molar-refractivity contribution >= 4 is 42.3 Å². The second-order valence-corrected chi connectivity index (χ2v) is 4.82. The maximum atomic E-state index is 12.1. The van der Waals surface area contributed by atoms with Crippen LogP contribution in [0.2, 0.25) is 5.02 Å². The number of carbonyl (C=O) groups excluding carboxylic acids is 1. The molecule has 0 saturated heterocycles. The van der Waals surface area contributed by atoms with Gasteiger partial charge in [0.05, 0.1) is 5.02 Å². The van der Waals surface area contributed by atoms with Gasteiger partial charge in [-0.05, 0) is 26.1 Å². The molecule has 1 heterocycles. The standard InChI is InChI=1S/C14H16ClN3O2.2ClH/c1-9(16-2)7-17-14(19)12-13(20-8-18-12)10-5-3-4-6-11(10)15;;/h3-6,8-9,16H,7H2,1-2H3,(H,17,19);2*1H. The van der Waals surface area contributed by atoms with Crippen molar-refractivity contribution in [3.63, 3.8) is 0 Å². The highest BCUT2D eigenvalue weighted by Crippen LogP contribution is 2.29. The van der Waals surface area contributed by atoms with Gasteiger partial charge in [0.1, 0.15) is 0 Å². The summed E-state index contributed by atoms with van der Waals surface area (Å²) in [7, 11) is 1.84. The molecule has 1 unspecified atom stereocenters. The molecule has 0 radical (unpaired) electrons. The molecule has 8 heteroatoms. The molecule has 0 aliphatic heterocycles. The van der Waals surface area contributed by atoms with E-state index in [9.17, 15) is 4.79 Å². The van der Waals surface area contributed by atoms with Crippen LogP contribution in [0.25, 0.3) is 11.3 Å². The van der Waals surface area contributed by atoms with Gasteiger partial charge in [-0.3, -0.25) is 4.79 Å². The van der Waals surface area contributed by atoms with Crippen molar-refractivity contribution in [3.8, 4) is 11.3 Å². The Morgan fingerprint density at radius 1 is 1.36 bits per heavy atom. The van der Waals surface area contributed by atoms with E-state index in [0.717, 1.165) is 0 Å². The number of halogens is 3.